The molecule has 30 heavy (non-hydrogen) atoms. The van der Waals surface area contributed by atoms with Crippen molar-refractivity contribution in [3.63, 3.8) is 0 Å². The Morgan fingerprint density at radius 2 is 1.83 bits per heavy atom. The highest BCUT2D eigenvalue weighted by molar-refractivity contribution is 7.99. The Balaban J connectivity index is 2.32. The average molecular weight is 471 g/mol. The fourth-order valence-corrected chi connectivity index (χ4v) is 4.92. The quantitative estimate of drug-likeness (QED) is 0.232. The average Bonchev–Trinajstić information content (AvgIpc) is 3.13. The molecule has 0 spiro atoms. The van der Waals surface area contributed by atoms with Gasteiger partial charge < -0.3 is 9.88 Å². The molecule has 1 N–H and O–H groups in total. The van der Waals surface area contributed by atoms with Crippen molar-refractivity contribution >= 4 is 51.5 Å². The summed E-state index contributed by atoms with van der Waals surface area (Å²) < 4.78 is 29.8. The molecular weight excluding hydrogens is 444 g/mol. The fraction of sp³-hybridized carbons (Fsp3) is 0.400. The molecule has 2 aromatic rings. The number of hydrogen-bond donors (Lipinski definition) is 1. The van der Waals surface area contributed by atoms with E-state index in [1.807, 2.05) is 30.2 Å². The minimum Gasteiger partial charge on any atom is -0.347 e. The molecule has 0 fully saturated rings. The van der Waals surface area contributed by atoms with Crippen LogP contribution in [0, 0.1) is 0 Å². The number of carbonyl (C=O) groups excluding carboxylic acids is 2. The highest BCUT2D eigenvalue weighted by Gasteiger charge is 2.19. The van der Waals surface area contributed by atoms with Gasteiger partial charge in [-0.3, -0.25) is 13.8 Å². The van der Waals surface area contributed by atoms with Gasteiger partial charge in [0.05, 0.1) is 18.6 Å². The molecule has 0 radical (unpaired) electrons. The lowest BCUT2D eigenvalue weighted by Crippen LogP contribution is -2.14. The standard InChI is InChI=1S/C20H26N2O5S3/c1-14(5-6-30(25,26)27-2)18-11-22(12-19(18)21-20(24)13-23)10-15-7-16(28-3)9-17(8-15)29-4/h7-9,11-14H,5-6,10H2,1-4H3,(H,21,24). The summed E-state index contributed by atoms with van der Waals surface area (Å²) in [7, 11) is -2.44. The molecule has 0 aliphatic heterocycles. The number of nitrogens with one attached hydrogen (secondary N) is 1. The largest absolute Gasteiger partial charge is 0.347 e. The molecule has 0 aliphatic rings. The predicted molar refractivity (Wildman–Crippen MR) is 122 cm³/mol. The van der Waals surface area contributed by atoms with Crippen LogP contribution < -0.4 is 5.32 Å². The van der Waals surface area contributed by atoms with E-state index >= 15 is 0 Å². The molecular formula is C20H26N2O5S3. The van der Waals surface area contributed by atoms with E-state index in [-0.39, 0.29) is 18.0 Å². The zero-order chi connectivity index (χ0) is 22.3. The van der Waals surface area contributed by atoms with Crippen LogP contribution in [0.4, 0.5) is 5.69 Å². The number of benzene rings is 1. The maximum Gasteiger partial charge on any atom is 0.288 e. The normalized spacial score (nSPS) is 12.5. The summed E-state index contributed by atoms with van der Waals surface area (Å²) >= 11 is 3.34. The molecule has 2 rings (SSSR count). The molecule has 1 heterocycles. The monoisotopic (exact) mass is 470 g/mol. The second kappa shape index (κ2) is 11.0. The first-order chi connectivity index (χ1) is 14.2. The van der Waals surface area contributed by atoms with Gasteiger partial charge in [0.15, 0.2) is 0 Å². The first-order valence-corrected chi connectivity index (χ1v) is 13.2. The van der Waals surface area contributed by atoms with Crippen LogP contribution in [0.3, 0.4) is 0 Å². The SMILES string of the molecule is COS(=O)(=O)CCC(C)c1cn(Cc2cc(SC)cc(SC)c2)cc1NC(=O)C=O. The van der Waals surface area contributed by atoms with Crippen LogP contribution in [0.1, 0.15) is 30.4 Å². The number of aldehydes is 1. The van der Waals surface area contributed by atoms with Crippen LogP contribution in [0.2, 0.25) is 0 Å². The number of carbonyl (C=O) groups is 2. The van der Waals surface area contributed by atoms with E-state index in [0.29, 0.717) is 18.7 Å². The van der Waals surface area contributed by atoms with Gasteiger partial charge in [0.2, 0.25) is 6.29 Å². The van der Waals surface area contributed by atoms with E-state index in [2.05, 4.69) is 27.7 Å². The summed E-state index contributed by atoms with van der Waals surface area (Å²) in [6.07, 6.45) is 8.24. The van der Waals surface area contributed by atoms with E-state index in [4.69, 9.17) is 0 Å². The third-order valence-electron chi connectivity index (χ3n) is 4.64. The highest BCUT2D eigenvalue weighted by Crippen LogP contribution is 2.30. The first-order valence-electron chi connectivity index (χ1n) is 9.17. The second-order valence-electron chi connectivity index (χ2n) is 6.75. The number of anilines is 1. The molecule has 7 nitrogen and oxygen atoms in total. The summed E-state index contributed by atoms with van der Waals surface area (Å²) in [5.41, 5.74) is 2.37. The molecule has 0 saturated carbocycles. The van der Waals surface area contributed by atoms with Gasteiger partial charge in [-0.2, -0.15) is 8.42 Å². The zero-order valence-electron chi connectivity index (χ0n) is 17.4. The molecule has 0 aliphatic carbocycles. The molecule has 1 aromatic heterocycles. The number of aromatic nitrogens is 1. The van der Waals surface area contributed by atoms with Crippen molar-refractivity contribution in [3.05, 3.63) is 41.7 Å². The lowest BCUT2D eigenvalue weighted by atomic mass is 10.0. The summed E-state index contributed by atoms with van der Waals surface area (Å²) in [4.78, 5) is 24.8. The van der Waals surface area contributed by atoms with Crippen molar-refractivity contribution in [1.82, 2.24) is 4.57 Å². The summed E-state index contributed by atoms with van der Waals surface area (Å²) in [5.74, 6) is -1.05. The third kappa shape index (κ3) is 6.90. The van der Waals surface area contributed by atoms with Crippen molar-refractivity contribution in [2.75, 3.05) is 30.7 Å². The Labute approximate surface area is 186 Å². The summed E-state index contributed by atoms with van der Waals surface area (Å²) in [5, 5.41) is 2.59. The van der Waals surface area contributed by atoms with Crippen LogP contribution in [0.15, 0.2) is 40.4 Å². The first kappa shape index (κ1) is 24.5. The molecule has 1 aromatic carbocycles. The highest BCUT2D eigenvalue weighted by atomic mass is 32.2. The van der Waals surface area contributed by atoms with Crippen molar-refractivity contribution in [3.8, 4) is 0 Å². The lowest BCUT2D eigenvalue weighted by Gasteiger charge is -2.12. The minimum atomic E-state index is -3.58. The number of thioether (sulfide) groups is 2. The van der Waals surface area contributed by atoms with Crippen LogP contribution >= 0.6 is 23.5 Å². The summed E-state index contributed by atoms with van der Waals surface area (Å²) in [6.45, 7) is 2.45. The third-order valence-corrected chi connectivity index (χ3v) is 7.30. The number of amides is 1. The van der Waals surface area contributed by atoms with E-state index in [9.17, 15) is 18.0 Å². The van der Waals surface area contributed by atoms with Crippen LogP contribution in [0.5, 0.6) is 0 Å². The van der Waals surface area contributed by atoms with Crippen LogP contribution in [0.25, 0.3) is 0 Å². The molecule has 164 valence electrons. The smallest absolute Gasteiger partial charge is 0.288 e. The van der Waals surface area contributed by atoms with Crippen LogP contribution in [-0.2, 0) is 30.4 Å². The maximum absolute atomic E-state index is 11.7. The van der Waals surface area contributed by atoms with Crippen molar-refractivity contribution < 1.29 is 22.2 Å². The van der Waals surface area contributed by atoms with Gasteiger partial charge in [-0.25, -0.2) is 0 Å². The Morgan fingerprint density at radius 3 is 2.37 bits per heavy atom. The Bertz CT molecular complexity index is 980. The zero-order valence-corrected chi connectivity index (χ0v) is 19.8. The predicted octanol–water partition coefficient (Wildman–Crippen LogP) is 3.59. The van der Waals surface area contributed by atoms with Gasteiger partial charge in [-0.1, -0.05) is 6.92 Å². The van der Waals surface area contributed by atoms with Gasteiger partial charge in [0.25, 0.3) is 16.0 Å². The molecule has 0 bridgehead atoms. The molecule has 10 heteroatoms. The minimum absolute atomic E-state index is 0.135. The Morgan fingerprint density at radius 1 is 1.20 bits per heavy atom. The Kier molecular flexibility index (Phi) is 9.02. The topological polar surface area (TPSA) is 94.5 Å². The number of rotatable bonds is 11. The van der Waals surface area contributed by atoms with Gasteiger partial charge in [0.1, 0.15) is 0 Å². The van der Waals surface area contributed by atoms with Gasteiger partial charge in [0, 0.05) is 28.7 Å². The van der Waals surface area contributed by atoms with Gasteiger partial charge >= 0.3 is 0 Å². The van der Waals surface area contributed by atoms with E-state index in [0.717, 1.165) is 28.0 Å². The van der Waals surface area contributed by atoms with E-state index in [1.54, 1.807) is 29.7 Å². The second-order valence-corrected chi connectivity index (χ2v) is 10.4. The van der Waals surface area contributed by atoms with Crippen molar-refractivity contribution in [1.29, 1.82) is 0 Å². The lowest BCUT2D eigenvalue weighted by molar-refractivity contribution is -0.127. The van der Waals surface area contributed by atoms with E-state index in [1.165, 1.54) is 0 Å². The number of hydrogen-bond acceptors (Lipinski definition) is 7. The van der Waals surface area contributed by atoms with Crippen molar-refractivity contribution in [2.24, 2.45) is 0 Å². The maximum atomic E-state index is 11.7. The van der Waals surface area contributed by atoms with Crippen molar-refractivity contribution in [2.45, 2.75) is 35.6 Å². The van der Waals surface area contributed by atoms with Crippen LogP contribution in [-0.4, -0.2) is 50.6 Å². The Hall–Kier alpha value is -1.75. The molecule has 1 amide bonds. The molecule has 1 atom stereocenters. The van der Waals surface area contributed by atoms with E-state index < -0.39 is 16.0 Å². The fourth-order valence-electron chi connectivity index (χ4n) is 3.00. The summed E-state index contributed by atoms with van der Waals surface area (Å²) in [6, 6.07) is 6.36. The molecule has 1 unspecified atom stereocenters. The van der Waals surface area contributed by atoms with Gasteiger partial charge in [-0.15, -0.1) is 23.5 Å². The number of nitrogens with zero attached hydrogens (tertiary/aromatic N) is 1. The molecule has 0 saturated heterocycles. The van der Waals surface area contributed by atoms with Gasteiger partial charge in [-0.05, 0) is 54.2 Å².